The Morgan fingerprint density at radius 3 is 2.15 bits per heavy atom. The molecule has 1 aliphatic carbocycles. The van der Waals surface area contributed by atoms with Gasteiger partial charge in [0.25, 0.3) is 6.47 Å². The molecule has 2 aromatic carbocycles. The van der Waals surface area contributed by atoms with Gasteiger partial charge in [-0.25, -0.2) is 12.8 Å². The number of benzene rings is 2. The molecular weight excluding hydrogens is 663 g/mol. The molecule has 47 heavy (non-hydrogen) atoms. The van der Waals surface area contributed by atoms with Crippen molar-refractivity contribution in [3.63, 3.8) is 0 Å². The number of piperidine rings is 1. The summed E-state index contributed by atoms with van der Waals surface area (Å²) in [4.78, 5) is 23.4. The van der Waals surface area contributed by atoms with Gasteiger partial charge in [-0.1, -0.05) is 31.4 Å². The van der Waals surface area contributed by atoms with E-state index in [0.717, 1.165) is 25.3 Å². The number of rotatable bonds is 6. The lowest BCUT2D eigenvalue weighted by Gasteiger charge is -2.52. The van der Waals surface area contributed by atoms with Crippen molar-refractivity contribution in [3.05, 3.63) is 53.6 Å². The van der Waals surface area contributed by atoms with Crippen molar-refractivity contribution in [3.8, 4) is 11.5 Å². The second-order valence-corrected chi connectivity index (χ2v) is 13.8. The van der Waals surface area contributed by atoms with Crippen LogP contribution in [0, 0.1) is 5.92 Å². The maximum atomic E-state index is 15.0. The molecule has 0 aromatic heterocycles. The minimum Gasteiger partial charge on any atom is -0.494 e. The van der Waals surface area contributed by atoms with E-state index in [1.807, 2.05) is 0 Å². The number of sulfone groups is 1. The first-order valence-electron chi connectivity index (χ1n) is 15.0. The molecule has 1 amide bonds. The highest BCUT2D eigenvalue weighted by Crippen LogP contribution is 2.57. The Hall–Kier alpha value is -3.56. The van der Waals surface area contributed by atoms with Crippen LogP contribution in [-0.4, -0.2) is 69.0 Å². The van der Waals surface area contributed by atoms with Crippen LogP contribution in [0.4, 0.5) is 30.7 Å². The molecule has 2 atom stereocenters. The second kappa shape index (κ2) is 13.5. The molecule has 1 saturated carbocycles. The van der Waals surface area contributed by atoms with E-state index >= 15 is 4.39 Å². The molecule has 0 radical (unpaired) electrons. The summed E-state index contributed by atoms with van der Waals surface area (Å²) in [5.74, 6) is -0.840. The summed E-state index contributed by atoms with van der Waals surface area (Å²) in [5, 5.41) is 6.89. The van der Waals surface area contributed by atoms with Gasteiger partial charge in [0.15, 0.2) is 9.84 Å². The van der Waals surface area contributed by atoms with Crippen molar-refractivity contribution < 1.29 is 63.3 Å². The van der Waals surface area contributed by atoms with Crippen molar-refractivity contribution in [1.29, 1.82) is 0 Å². The zero-order valence-electron chi connectivity index (χ0n) is 25.2. The molecule has 8 nitrogen and oxygen atoms in total. The fourth-order valence-electron chi connectivity index (χ4n) is 6.89. The van der Waals surface area contributed by atoms with E-state index in [9.17, 15) is 39.6 Å². The molecule has 5 rings (SSSR count). The molecule has 2 aromatic rings. The number of amides is 1. The standard InChI is InChI=1S/C30H32F7NO5S.CH2O2/c1-2-42-21-10-12-22(13-11-21)44(40,41)27-15-6-16-38(26(39)19-7-4-3-5-8-19)25(27)18-43-24-17-20(9-14-23(24)27)28(31,29(32,33)34)30(35,36)37;2-1-3/h9-14,17,19,25H,2-8,15-16,18H2,1H3;1H,(H,2,3). The van der Waals surface area contributed by atoms with Crippen LogP contribution in [0.25, 0.3) is 0 Å². The predicted octanol–water partition coefficient (Wildman–Crippen LogP) is 6.71. The van der Waals surface area contributed by atoms with Gasteiger partial charge in [0.1, 0.15) is 22.9 Å². The molecule has 260 valence electrons. The first kappa shape index (κ1) is 36.3. The summed E-state index contributed by atoms with van der Waals surface area (Å²) < 4.78 is 135. The van der Waals surface area contributed by atoms with Gasteiger partial charge in [0, 0.05) is 23.6 Å². The van der Waals surface area contributed by atoms with Crippen LogP contribution in [0.5, 0.6) is 11.5 Å². The Balaban J connectivity index is 0.00000160. The van der Waals surface area contributed by atoms with E-state index in [-0.39, 0.29) is 54.2 Å². The molecule has 0 bridgehead atoms. The number of carbonyl (C=O) groups is 2. The predicted molar refractivity (Wildman–Crippen MR) is 153 cm³/mol. The van der Waals surface area contributed by atoms with Gasteiger partial charge in [-0.15, -0.1) is 0 Å². The molecule has 1 N–H and O–H groups in total. The first-order chi connectivity index (χ1) is 22.0. The Labute approximate surface area is 266 Å². The summed E-state index contributed by atoms with van der Waals surface area (Å²) >= 11 is 0. The van der Waals surface area contributed by atoms with E-state index in [1.54, 1.807) is 6.92 Å². The lowest BCUT2D eigenvalue weighted by Crippen LogP contribution is -2.64. The molecule has 16 heteroatoms. The second-order valence-electron chi connectivity index (χ2n) is 11.6. The van der Waals surface area contributed by atoms with Gasteiger partial charge in [-0.3, -0.25) is 9.59 Å². The zero-order valence-corrected chi connectivity index (χ0v) is 26.1. The summed E-state index contributed by atoms with van der Waals surface area (Å²) in [6, 6.07) is 5.69. The highest BCUT2D eigenvalue weighted by atomic mass is 32.2. The summed E-state index contributed by atoms with van der Waals surface area (Å²) in [6.45, 7) is 1.48. The third-order valence-corrected chi connectivity index (χ3v) is 11.6. The van der Waals surface area contributed by atoms with Crippen molar-refractivity contribution >= 4 is 22.2 Å². The molecule has 3 aliphatic rings. The minimum absolute atomic E-state index is 0.101. The van der Waals surface area contributed by atoms with Crippen LogP contribution >= 0.6 is 0 Å². The molecule has 2 aliphatic heterocycles. The van der Waals surface area contributed by atoms with Gasteiger partial charge in [0.05, 0.1) is 17.5 Å². The lowest BCUT2D eigenvalue weighted by atomic mass is 9.78. The van der Waals surface area contributed by atoms with Crippen LogP contribution in [0.2, 0.25) is 0 Å². The summed E-state index contributed by atoms with van der Waals surface area (Å²) in [6.07, 6.45) is -8.78. The molecule has 1 saturated heterocycles. The highest BCUT2D eigenvalue weighted by molar-refractivity contribution is 7.92. The van der Waals surface area contributed by atoms with E-state index < -0.39 is 56.6 Å². The number of alkyl halides is 7. The van der Waals surface area contributed by atoms with Crippen LogP contribution in [0.3, 0.4) is 0 Å². The van der Waals surface area contributed by atoms with Gasteiger partial charge in [-0.2, -0.15) is 26.3 Å². The fraction of sp³-hybridized carbons (Fsp3) is 0.548. The van der Waals surface area contributed by atoms with E-state index in [0.29, 0.717) is 31.3 Å². The first-order valence-corrected chi connectivity index (χ1v) is 16.5. The van der Waals surface area contributed by atoms with Gasteiger partial charge in [-0.05, 0) is 62.9 Å². The van der Waals surface area contributed by atoms with Crippen LogP contribution < -0.4 is 9.47 Å². The maximum absolute atomic E-state index is 15.0. The number of carboxylic acid groups (broad SMARTS) is 1. The largest absolute Gasteiger partial charge is 0.494 e. The Bertz CT molecular complexity index is 1530. The average molecular weight is 698 g/mol. The van der Waals surface area contributed by atoms with Crippen molar-refractivity contribution in [2.75, 3.05) is 19.8 Å². The molecule has 0 spiro atoms. The number of hydrogen-bond acceptors (Lipinski definition) is 6. The van der Waals surface area contributed by atoms with Crippen LogP contribution in [-0.2, 0) is 29.8 Å². The highest BCUT2D eigenvalue weighted by Gasteiger charge is 2.74. The number of hydrogen-bond donors (Lipinski definition) is 1. The SMILES string of the molecule is CCOc1ccc(S(=O)(=O)C23CCCN(C(=O)C4CCCCC4)C2COc2cc(C(F)(C(F)(F)F)C(F)(F)F)ccc23)cc1.O=CO. The van der Waals surface area contributed by atoms with Gasteiger partial charge in [0.2, 0.25) is 5.91 Å². The maximum Gasteiger partial charge on any atom is 0.435 e. The number of carbonyl (C=O) groups excluding carboxylic acids is 1. The Morgan fingerprint density at radius 2 is 1.60 bits per heavy atom. The normalized spacial score (nSPS) is 22.1. The Kier molecular flexibility index (Phi) is 10.4. The number of ether oxygens (including phenoxy) is 2. The van der Waals surface area contributed by atoms with E-state index in [2.05, 4.69) is 0 Å². The van der Waals surface area contributed by atoms with Gasteiger partial charge >= 0.3 is 18.0 Å². The summed E-state index contributed by atoms with van der Waals surface area (Å²) in [7, 11) is -4.50. The molecule has 2 fully saturated rings. The number of nitrogens with zero attached hydrogens (tertiary/aromatic N) is 1. The quantitative estimate of drug-likeness (QED) is 0.264. The number of halogens is 7. The van der Waals surface area contributed by atoms with Crippen molar-refractivity contribution in [2.24, 2.45) is 5.92 Å². The Morgan fingerprint density at radius 1 is 1.00 bits per heavy atom. The van der Waals surface area contributed by atoms with Crippen LogP contribution in [0.15, 0.2) is 47.4 Å². The number of likely N-dealkylation sites (tertiary alicyclic amines) is 1. The van der Waals surface area contributed by atoms with Gasteiger partial charge < -0.3 is 19.5 Å². The van der Waals surface area contributed by atoms with Crippen LogP contribution in [0.1, 0.15) is 63.0 Å². The third-order valence-electron chi connectivity index (χ3n) is 9.04. The topological polar surface area (TPSA) is 110 Å². The average Bonchev–Trinajstić information content (AvgIpc) is 3.03. The third kappa shape index (κ3) is 6.24. The summed E-state index contributed by atoms with van der Waals surface area (Å²) in [5.41, 5.74) is -7.74. The van der Waals surface area contributed by atoms with E-state index in [4.69, 9.17) is 19.4 Å². The molecular formula is C31H34F7NO7S. The monoisotopic (exact) mass is 697 g/mol. The molecule has 2 heterocycles. The molecule has 2 unspecified atom stereocenters. The van der Waals surface area contributed by atoms with Crippen molar-refractivity contribution in [2.45, 2.75) is 85.6 Å². The number of fused-ring (bicyclic) bond motifs is 3. The van der Waals surface area contributed by atoms with Crippen molar-refractivity contribution in [1.82, 2.24) is 4.90 Å². The smallest absolute Gasteiger partial charge is 0.435 e. The minimum atomic E-state index is -6.36. The fourth-order valence-corrected chi connectivity index (χ4v) is 9.23. The van der Waals surface area contributed by atoms with E-state index in [1.165, 1.54) is 29.2 Å². The lowest BCUT2D eigenvalue weighted by molar-refractivity contribution is -0.348. The zero-order chi connectivity index (χ0) is 34.8.